The highest BCUT2D eigenvalue weighted by atomic mass is 16.5. The van der Waals surface area contributed by atoms with Crippen LogP contribution in [0, 0.1) is 19.8 Å². The number of carbonyl (C=O) groups excluding carboxylic acids is 1. The van der Waals surface area contributed by atoms with Crippen molar-refractivity contribution in [1.29, 1.82) is 0 Å². The lowest BCUT2D eigenvalue weighted by Crippen LogP contribution is -2.41. The van der Waals surface area contributed by atoms with Gasteiger partial charge in [0.05, 0.1) is 32.1 Å². The second-order valence-electron chi connectivity index (χ2n) is 7.05. The Kier molecular flexibility index (Phi) is 4.61. The number of hydrogen-bond acceptors (Lipinski definition) is 5. The van der Waals surface area contributed by atoms with Crippen LogP contribution in [0.1, 0.15) is 27.5 Å². The van der Waals surface area contributed by atoms with Crippen LogP contribution in [-0.4, -0.2) is 42.4 Å². The zero-order chi connectivity index (χ0) is 19.0. The largest absolute Gasteiger partial charge is 0.497 e. The predicted octanol–water partition coefficient (Wildman–Crippen LogP) is 2.77. The van der Waals surface area contributed by atoms with E-state index in [1.807, 2.05) is 38.1 Å². The van der Waals surface area contributed by atoms with Gasteiger partial charge in [0.25, 0.3) is 5.91 Å². The number of fused-ring (bicyclic) bond motifs is 1. The van der Waals surface area contributed by atoms with E-state index in [0.29, 0.717) is 25.3 Å². The van der Waals surface area contributed by atoms with Crippen LogP contribution in [0.15, 0.2) is 28.8 Å². The number of rotatable bonds is 5. The molecule has 1 amide bonds. The second kappa shape index (κ2) is 7.08. The Labute approximate surface area is 157 Å². The van der Waals surface area contributed by atoms with Gasteiger partial charge in [-0.05, 0) is 37.6 Å². The number of aromatic nitrogens is 2. The third kappa shape index (κ3) is 3.42. The quantitative estimate of drug-likeness (QED) is 0.722. The number of hydrogen-bond donors (Lipinski definition) is 2. The van der Waals surface area contributed by atoms with Crippen molar-refractivity contribution in [1.82, 2.24) is 15.5 Å². The molecule has 0 bridgehead atoms. The number of benzene rings is 1. The average Bonchev–Trinajstić information content (AvgIpc) is 3.35. The third-order valence-corrected chi connectivity index (χ3v) is 5.15. The summed E-state index contributed by atoms with van der Waals surface area (Å²) in [6, 6.07) is 7.59. The maximum atomic E-state index is 12.9. The summed E-state index contributed by atoms with van der Waals surface area (Å²) in [6.45, 7) is 4.92. The van der Waals surface area contributed by atoms with Crippen LogP contribution in [0.25, 0.3) is 10.9 Å². The normalized spacial score (nSPS) is 19.5. The lowest BCUT2D eigenvalue weighted by molar-refractivity contribution is 0.0919. The maximum Gasteiger partial charge on any atom is 0.268 e. The molecule has 0 spiro atoms. The standard InChI is InChI=1S/C20H23N3O4/c1-11-6-15(27-23-11)7-13-9-26-10-18(13)22-20(24)19-12(2)16-8-14(25-3)4-5-17(16)21-19/h4-6,8,13,18,21H,7,9-10H2,1-3H3,(H,22,24)/t13-,18+/m1/s1. The number of aryl methyl sites for hydroxylation is 2. The van der Waals surface area contributed by atoms with Crippen molar-refractivity contribution in [2.75, 3.05) is 20.3 Å². The molecule has 7 nitrogen and oxygen atoms in total. The van der Waals surface area contributed by atoms with Crippen molar-refractivity contribution >= 4 is 16.8 Å². The maximum absolute atomic E-state index is 12.9. The third-order valence-electron chi connectivity index (χ3n) is 5.15. The Hall–Kier alpha value is -2.80. The number of ether oxygens (including phenoxy) is 2. The van der Waals surface area contributed by atoms with E-state index in [-0.39, 0.29) is 17.9 Å². The fraction of sp³-hybridized carbons (Fsp3) is 0.400. The molecule has 0 saturated carbocycles. The molecule has 1 aliphatic rings. The Balaban J connectivity index is 1.51. The summed E-state index contributed by atoms with van der Waals surface area (Å²) >= 11 is 0. The minimum atomic E-state index is -0.128. The van der Waals surface area contributed by atoms with E-state index in [4.69, 9.17) is 14.0 Å². The lowest BCUT2D eigenvalue weighted by Gasteiger charge is -2.17. The topological polar surface area (TPSA) is 89.4 Å². The zero-order valence-corrected chi connectivity index (χ0v) is 15.7. The monoisotopic (exact) mass is 369 g/mol. The number of aromatic amines is 1. The molecule has 2 aromatic heterocycles. The number of amides is 1. The molecule has 1 saturated heterocycles. The molecule has 0 unspecified atom stereocenters. The molecule has 27 heavy (non-hydrogen) atoms. The molecule has 2 atom stereocenters. The van der Waals surface area contributed by atoms with Crippen molar-refractivity contribution in [3.05, 3.63) is 47.0 Å². The van der Waals surface area contributed by atoms with E-state index < -0.39 is 0 Å². The molecule has 3 heterocycles. The molecule has 2 N–H and O–H groups in total. The summed E-state index contributed by atoms with van der Waals surface area (Å²) in [6.07, 6.45) is 0.689. The Morgan fingerprint density at radius 1 is 1.33 bits per heavy atom. The molecular formula is C20H23N3O4. The summed E-state index contributed by atoms with van der Waals surface area (Å²) in [7, 11) is 1.63. The summed E-state index contributed by atoms with van der Waals surface area (Å²) < 4.78 is 16.2. The van der Waals surface area contributed by atoms with Crippen LogP contribution in [0.2, 0.25) is 0 Å². The number of nitrogens with zero attached hydrogens (tertiary/aromatic N) is 1. The van der Waals surface area contributed by atoms with Gasteiger partial charge in [-0.3, -0.25) is 4.79 Å². The Bertz CT molecular complexity index is 975. The smallest absolute Gasteiger partial charge is 0.268 e. The van der Waals surface area contributed by atoms with Gasteiger partial charge in [-0.15, -0.1) is 0 Å². The minimum Gasteiger partial charge on any atom is -0.497 e. The van der Waals surface area contributed by atoms with E-state index in [0.717, 1.165) is 33.7 Å². The van der Waals surface area contributed by atoms with Crippen molar-refractivity contribution in [2.45, 2.75) is 26.3 Å². The van der Waals surface area contributed by atoms with Gasteiger partial charge in [0.1, 0.15) is 17.2 Å². The van der Waals surface area contributed by atoms with Gasteiger partial charge in [0, 0.05) is 29.3 Å². The lowest BCUT2D eigenvalue weighted by atomic mass is 9.98. The number of methoxy groups -OCH3 is 1. The Morgan fingerprint density at radius 2 is 2.19 bits per heavy atom. The molecule has 7 heteroatoms. The van der Waals surface area contributed by atoms with Crippen LogP contribution in [-0.2, 0) is 11.2 Å². The van der Waals surface area contributed by atoms with Crippen LogP contribution in [0.4, 0.5) is 0 Å². The van der Waals surface area contributed by atoms with E-state index in [1.54, 1.807) is 7.11 Å². The van der Waals surface area contributed by atoms with E-state index >= 15 is 0 Å². The minimum absolute atomic E-state index is 0.0664. The summed E-state index contributed by atoms with van der Waals surface area (Å²) in [4.78, 5) is 16.1. The predicted molar refractivity (Wildman–Crippen MR) is 100 cm³/mol. The molecular weight excluding hydrogens is 346 g/mol. The first-order chi connectivity index (χ1) is 13.0. The van der Waals surface area contributed by atoms with Crippen molar-refractivity contribution in [2.24, 2.45) is 5.92 Å². The van der Waals surface area contributed by atoms with E-state index in [1.165, 1.54) is 0 Å². The number of carbonyl (C=O) groups is 1. The molecule has 0 aliphatic carbocycles. The second-order valence-corrected chi connectivity index (χ2v) is 7.05. The molecule has 0 radical (unpaired) electrons. The summed E-state index contributed by atoms with van der Waals surface area (Å²) in [5.74, 6) is 1.61. The van der Waals surface area contributed by atoms with E-state index in [9.17, 15) is 4.79 Å². The number of H-pyrrole nitrogens is 1. The summed E-state index contributed by atoms with van der Waals surface area (Å²) in [5, 5.41) is 8.02. The first-order valence-electron chi connectivity index (χ1n) is 9.02. The van der Waals surface area contributed by atoms with Crippen molar-refractivity contribution in [3.8, 4) is 5.75 Å². The number of nitrogens with one attached hydrogen (secondary N) is 2. The first kappa shape index (κ1) is 17.6. The molecule has 1 aliphatic heterocycles. The van der Waals surface area contributed by atoms with Crippen LogP contribution < -0.4 is 10.1 Å². The van der Waals surface area contributed by atoms with Gasteiger partial charge < -0.3 is 24.3 Å². The van der Waals surface area contributed by atoms with Gasteiger partial charge in [0.2, 0.25) is 0 Å². The van der Waals surface area contributed by atoms with Gasteiger partial charge in [-0.2, -0.15) is 0 Å². The molecule has 1 fully saturated rings. The SMILES string of the molecule is COc1ccc2[nH]c(C(=O)N[C@H]3COC[C@H]3Cc3cc(C)no3)c(C)c2c1. The van der Waals surface area contributed by atoms with E-state index in [2.05, 4.69) is 15.5 Å². The fourth-order valence-electron chi connectivity index (χ4n) is 3.63. The molecule has 1 aromatic carbocycles. The van der Waals surface area contributed by atoms with Crippen molar-refractivity contribution < 1.29 is 18.8 Å². The van der Waals surface area contributed by atoms with Gasteiger partial charge >= 0.3 is 0 Å². The molecule has 3 aromatic rings. The Morgan fingerprint density at radius 3 is 2.93 bits per heavy atom. The fourth-order valence-corrected chi connectivity index (χ4v) is 3.63. The van der Waals surface area contributed by atoms with Crippen LogP contribution in [0.3, 0.4) is 0 Å². The zero-order valence-electron chi connectivity index (χ0n) is 15.7. The first-order valence-corrected chi connectivity index (χ1v) is 9.02. The van der Waals surface area contributed by atoms with Crippen molar-refractivity contribution in [3.63, 3.8) is 0 Å². The highest BCUT2D eigenvalue weighted by Crippen LogP contribution is 2.27. The van der Waals surface area contributed by atoms with Crippen LogP contribution >= 0.6 is 0 Å². The van der Waals surface area contributed by atoms with Gasteiger partial charge in [-0.25, -0.2) is 0 Å². The van der Waals surface area contributed by atoms with Gasteiger partial charge in [-0.1, -0.05) is 5.16 Å². The average molecular weight is 369 g/mol. The van der Waals surface area contributed by atoms with Crippen LogP contribution in [0.5, 0.6) is 5.75 Å². The highest BCUT2D eigenvalue weighted by Gasteiger charge is 2.31. The van der Waals surface area contributed by atoms with Gasteiger partial charge in [0.15, 0.2) is 0 Å². The molecule has 4 rings (SSSR count). The summed E-state index contributed by atoms with van der Waals surface area (Å²) in [5.41, 5.74) is 3.24. The highest BCUT2D eigenvalue weighted by molar-refractivity contribution is 6.01. The molecule has 142 valence electrons.